The Labute approximate surface area is 107 Å². The highest BCUT2D eigenvalue weighted by molar-refractivity contribution is 9.11. The van der Waals surface area contributed by atoms with Gasteiger partial charge in [-0.2, -0.15) is 0 Å². The molecule has 0 saturated carbocycles. The quantitative estimate of drug-likeness (QED) is 0.696. The lowest BCUT2D eigenvalue weighted by Crippen LogP contribution is -2.44. The van der Waals surface area contributed by atoms with Gasteiger partial charge in [-0.05, 0) is 30.5 Å². The van der Waals surface area contributed by atoms with Gasteiger partial charge in [-0.15, -0.1) is 0 Å². The summed E-state index contributed by atoms with van der Waals surface area (Å²) in [5.74, 6) is 0. The molecule has 0 spiro atoms. The zero-order chi connectivity index (χ0) is 11.1. The molecule has 1 aliphatic rings. The van der Waals surface area contributed by atoms with Crippen LogP contribution in [0.1, 0.15) is 19.4 Å². The van der Waals surface area contributed by atoms with Crippen molar-refractivity contribution in [3.8, 4) is 0 Å². The van der Waals surface area contributed by atoms with E-state index in [-0.39, 0.29) is 5.54 Å². The molecular formula is C12H13Br2N. The number of benzene rings is 1. The highest BCUT2D eigenvalue weighted by Gasteiger charge is 2.35. The smallest absolute Gasteiger partial charge is 0.0631 e. The maximum atomic E-state index is 3.75. The van der Waals surface area contributed by atoms with Crippen molar-refractivity contribution in [2.45, 2.75) is 24.2 Å². The van der Waals surface area contributed by atoms with Crippen molar-refractivity contribution < 1.29 is 0 Å². The lowest BCUT2D eigenvalue weighted by atomic mass is 9.86. The van der Waals surface area contributed by atoms with E-state index in [1.54, 1.807) is 0 Å². The number of alkyl halides is 1. The van der Waals surface area contributed by atoms with Crippen molar-refractivity contribution in [1.82, 2.24) is 0 Å². The van der Waals surface area contributed by atoms with Crippen molar-refractivity contribution >= 4 is 43.1 Å². The third-order valence-electron chi connectivity index (χ3n) is 2.72. The number of anilines is 1. The zero-order valence-corrected chi connectivity index (χ0v) is 11.9. The van der Waals surface area contributed by atoms with Gasteiger partial charge < -0.3 is 5.32 Å². The van der Waals surface area contributed by atoms with Gasteiger partial charge >= 0.3 is 0 Å². The van der Waals surface area contributed by atoms with Crippen LogP contribution in [0.25, 0.3) is 5.57 Å². The predicted octanol–water partition coefficient (Wildman–Crippen LogP) is 4.39. The minimum atomic E-state index is 0.0218. The maximum Gasteiger partial charge on any atom is 0.0631 e. The van der Waals surface area contributed by atoms with Gasteiger partial charge in [-0.25, -0.2) is 0 Å². The van der Waals surface area contributed by atoms with Gasteiger partial charge in [0, 0.05) is 16.8 Å². The summed E-state index contributed by atoms with van der Waals surface area (Å²) in [5.41, 5.74) is 3.77. The second-order valence-electron chi connectivity index (χ2n) is 4.32. The van der Waals surface area contributed by atoms with Crippen molar-refractivity contribution in [2.24, 2.45) is 0 Å². The summed E-state index contributed by atoms with van der Waals surface area (Å²) in [5, 5.41) is 3.54. The fourth-order valence-electron chi connectivity index (χ4n) is 1.89. The molecule has 1 N–H and O–H groups in total. The number of nitrogens with one attached hydrogen (secondary N) is 1. The van der Waals surface area contributed by atoms with Crippen molar-refractivity contribution in [3.05, 3.63) is 34.8 Å². The van der Waals surface area contributed by atoms with E-state index in [4.69, 9.17) is 0 Å². The Balaban J connectivity index is 2.58. The van der Waals surface area contributed by atoms with E-state index in [9.17, 15) is 0 Å². The monoisotopic (exact) mass is 329 g/mol. The summed E-state index contributed by atoms with van der Waals surface area (Å²) in [4.78, 5) is 2.31. The van der Waals surface area contributed by atoms with Gasteiger partial charge in [-0.3, -0.25) is 0 Å². The summed E-state index contributed by atoms with van der Waals surface area (Å²) >= 11 is 7.20. The standard InChI is InChI=1S/C12H13Br2N/c1-12(2)11(14)9(7-13)8-5-3-4-6-10(8)15-12/h3-7,11,15H,1-2H3. The van der Waals surface area contributed by atoms with Gasteiger partial charge in [0.15, 0.2) is 0 Å². The number of para-hydroxylation sites is 1. The van der Waals surface area contributed by atoms with Crippen LogP contribution in [-0.2, 0) is 0 Å². The minimum Gasteiger partial charge on any atom is -0.378 e. The second-order valence-corrected chi connectivity index (χ2v) is 5.69. The molecule has 0 aromatic heterocycles. The average Bonchev–Trinajstić information content (AvgIpc) is 2.19. The molecule has 1 nitrogen and oxygen atoms in total. The van der Waals surface area contributed by atoms with Crippen LogP contribution < -0.4 is 5.32 Å². The molecule has 0 amide bonds. The number of halogens is 2. The fourth-order valence-corrected chi connectivity index (χ4v) is 3.25. The van der Waals surface area contributed by atoms with E-state index >= 15 is 0 Å². The highest BCUT2D eigenvalue weighted by Crippen LogP contribution is 2.42. The Morgan fingerprint density at radius 2 is 2.00 bits per heavy atom. The van der Waals surface area contributed by atoms with Crippen LogP contribution in [0.3, 0.4) is 0 Å². The molecular weight excluding hydrogens is 318 g/mol. The molecule has 0 fully saturated rings. The lowest BCUT2D eigenvalue weighted by molar-refractivity contribution is 0.594. The van der Waals surface area contributed by atoms with Gasteiger partial charge in [0.2, 0.25) is 0 Å². The zero-order valence-electron chi connectivity index (χ0n) is 8.72. The van der Waals surface area contributed by atoms with E-state index in [1.165, 1.54) is 16.8 Å². The van der Waals surface area contributed by atoms with Crippen LogP contribution in [0.2, 0.25) is 0 Å². The SMILES string of the molecule is CC1(C)Nc2ccccc2C(=CBr)C1Br. The van der Waals surface area contributed by atoms with Gasteiger partial charge in [0.05, 0.1) is 4.83 Å². The Morgan fingerprint density at radius 1 is 1.33 bits per heavy atom. The molecule has 1 aromatic carbocycles. The molecule has 1 unspecified atom stereocenters. The summed E-state index contributed by atoms with van der Waals surface area (Å²) in [6.07, 6.45) is 0. The Morgan fingerprint density at radius 3 is 2.67 bits per heavy atom. The van der Waals surface area contributed by atoms with Crippen LogP contribution >= 0.6 is 31.9 Å². The molecule has 1 heterocycles. The molecule has 1 atom stereocenters. The van der Waals surface area contributed by atoms with Crippen LogP contribution in [0, 0.1) is 0 Å². The van der Waals surface area contributed by atoms with Crippen molar-refractivity contribution in [3.63, 3.8) is 0 Å². The van der Waals surface area contributed by atoms with E-state index in [2.05, 4.69) is 75.3 Å². The van der Waals surface area contributed by atoms with E-state index in [1.807, 2.05) is 4.99 Å². The number of hydrogen-bond donors (Lipinski definition) is 1. The largest absolute Gasteiger partial charge is 0.378 e. The van der Waals surface area contributed by atoms with E-state index in [0.717, 1.165) is 0 Å². The molecule has 2 rings (SSSR count). The fraction of sp³-hybridized carbons (Fsp3) is 0.333. The molecule has 3 heteroatoms. The van der Waals surface area contributed by atoms with Crippen molar-refractivity contribution in [1.29, 1.82) is 0 Å². The first kappa shape index (κ1) is 11.2. The number of fused-ring (bicyclic) bond motifs is 1. The molecule has 15 heavy (non-hydrogen) atoms. The lowest BCUT2D eigenvalue weighted by Gasteiger charge is -2.39. The maximum absolute atomic E-state index is 3.75. The van der Waals surface area contributed by atoms with Crippen LogP contribution in [-0.4, -0.2) is 10.4 Å². The minimum absolute atomic E-state index is 0.0218. The normalized spacial score (nSPS) is 25.9. The summed E-state index contributed by atoms with van der Waals surface area (Å²) in [6.45, 7) is 4.39. The first-order chi connectivity index (χ1) is 7.06. The number of hydrogen-bond acceptors (Lipinski definition) is 1. The first-order valence-electron chi connectivity index (χ1n) is 4.88. The first-order valence-corrected chi connectivity index (χ1v) is 6.71. The summed E-state index contributed by atoms with van der Waals surface area (Å²) in [6, 6.07) is 8.38. The molecule has 1 aromatic rings. The van der Waals surface area contributed by atoms with E-state index < -0.39 is 0 Å². The Kier molecular flexibility index (Phi) is 2.95. The molecule has 80 valence electrons. The van der Waals surface area contributed by atoms with Crippen LogP contribution in [0.4, 0.5) is 5.69 Å². The molecule has 1 aliphatic heterocycles. The summed E-state index contributed by atoms with van der Waals surface area (Å²) < 4.78 is 0. The topological polar surface area (TPSA) is 12.0 Å². The third-order valence-corrected chi connectivity index (χ3v) is 4.85. The average molecular weight is 331 g/mol. The Hall–Kier alpha value is -0.280. The predicted molar refractivity (Wildman–Crippen MR) is 73.8 cm³/mol. The van der Waals surface area contributed by atoms with Gasteiger partial charge in [-0.1, -0.05) is 50.1 Å². The van der Waals surface area contributed by atoms with Crippen LogP contribution in [0.5, 0.6) is 0 Å². The second kappa shape index (κ2) is 3.95. The molecule has 0 saturated heterocycles. The third kappa shape index (κ3) is 1.87. The molecule has 0 aliphatic carbocycles. The number of rotatable bonds is 0. The van der Waals surface area contributed by atoms with Crippen molar-refractivity contribution in [2.75, 3.05) is 5.32 Å². The van der Waals surface area contributed by atoms with Gasteiger partial charge in [0.25, 0.3) is 0 Å². The molecule has 0 bridgehead atoms. The highest BCUT2D eigenvalue weighted by atomic mass is 79.9. The van der Waals surface area contributed by atoms with Gasteiger partial charge in [0.1, 0.15) is 0 Å². The summed E-state index contributed by atoms with van der Waals surface area (Å²) in [7, 11) is 0. The molecule has 0 radical (unpaired) electrons. The van der Waals surface area contributed by atoms with Crippen LogP contribution in [0.15, 0.2) is 29.3 Å². The Bertz CT molecular complexity index is 410. The van der Waals surface area contributed by atoms with E-state index in [0.29, 0.717) is 4.83 Å².